The van der Waals surface area contributed by atoms with Crippen LogP contribution in [0.5, 0.6) is 0 Å². The largest absolute Gasteiger partial charge is 0.242 e. The molecule has 19 heavy (non-hydrogen) atoms. The summed E-state index contributed by atoms with van der Waals surface area (Å²) < 4.78 is 26.3. The normalized spacial score (nSPS) is 13.8. The monoisotopic (exact) mass is 303 g/mol. The van der Waals surface area contributed by atoms with Crippen molar-refractivity contribution in [3.05, 3.63) is 29.3 Å². The second-order valence-corrected chi connectivity index (χ2v) is 7.33. The molecule has 0 saturated heterocycles. The predicted octanol–water partition coefficient (Wildman–Crippen LogP) is 3.40. The van der Waals surface area contributed by atoms with E-state index in [-0.39, 0.29) is 0 Å². The molecule has 1 atom stereocenters. The molecule has 0 aliphatic carbocycles. The molecule has 0 N–H and O–H groups in total. The van der Waals surface area contributed by atoms with Crippen molar-refractivity contribution in [1.29, 1.82) is 0 Å². The van der Waals surface area contributed by atoms with E-state index >= 15 is 0 Å². The first kappa shape index (κ1) is 16.5. The van der Waals surface area contributed by atoms with Gasteiger partial charge in [0.25, 0.3) is 0 Å². The summed E-state index contributed by atoms with van der Waals surface area (Å²) in [6, 6.07) is 5.13. The number of hydrogen-bond acceptors (Lipinski definition) is 2. The molecular formula is C14H22ClNO2S. The van der Waals surface area contributed by atoms with Crippen molar-refractivity contribution >= 4 is 21.6 Å². The van der Waals surface area contributed by atoms with Gasteiger partial charge in [-0.3, -0.25) is 0 Å². The summed E-state index contributed by atoms with van der Waals surface area (Å²) in [6.07, 6.45) is 0.959. The zero-order valence-corrected chi connectivity index (χ0v) is 13.6. The summed E-state index contributed by atoms with van der Waals surface area (Å²) in [7, 11) is -1.79. The standard InChI is InChI=1S/C14H22ClNO2S/c1-5-11(2)10-16(4)19(17,18)14-7-6-12(3)13(8-14)9-15/h6-8,11H,5,9-10H2,1-4H3. The number of rotatable bonds is 6. The van der Waals surface area contributed by atoms with Gasteiger partial charge in [-0.1, -0.05) is 26.3 Å². The van der Waals surface area contributed by atoms with Crippen LogP contribution in [-0.2, 0) is 15.9 Å². The van der Waals surface area contributed by atoms with Gasteiger partial charge in [0.2, 0.25) is 10.0 Å². The van der Waals surface area contributed by atoms with E-state index in [0.29, 0.717) is 23.2 Å². The number of sulfonamides is 1. The topological polar surface area (TPSA) is 37.4 Å². The van der Waals surface area contributed by atoms with Gasteiger partial charge in [0.1, 0.15) is 0 Å². The maximum absolute atomic E-state index is 12.4. The summed E-state index contributed by atoms with van der Waals surface area (Å²) in [6.45, 7) is 6.56. The number of benzene rings is 1. The first-order valence-electron chi connectivity index (χ1n) is 6.44. The third-order valence-electron chi connectivity index (χ3n) is 3.44. The van der Waals surface area contributed by atoms with Gasteiger partial charge in [0, 0.05) is 19.5 Å². The Balaban J connectivity index is 3.06. The zero-order chi connectivity index (χ0) is 14.6. The highest BCUT2D eigenvalue weighted by molar-refractivity contribution is 7.89. The fourth-order valence-corrected chi connectivity index (χ4v) is 3.43. The Bertz CT molecular complexity index is 528. The molecule has 0 bridgehead atoms. The van der Waals surface area contributed by atoms with Crippen LogP contribution in [0.2, 0.25) is 0 Å². The summed E-state index contributed by atoms with van der Waals surface area (Å²) in [5.41, 5.74) is 1.87. The van der Waals surface area contributed by atoms with Crippen LogP contribution in [0.1, 0.15) is 31.4 Å². The van der Waals surface area contributed by atoms with Crippen LogP contribution in [-0.4, -0.2) is 26.3 Å². The molecule has 1 aromatic carbocycles. The van der Waals surface area contributed by atoms with E-state index < -0.39 is 10.0 Å². The van der Waals surface area contributed by atoms with E-state index in [0.717, 1.165) is 17.5 Å². The molecule has 0 aliphatic rings. The van der Waals surface area contributed by atoms with Crippen molar-refractivity contribution < 1.29 is 8.42 Å². The number of nitrogens with zero attached hydrogens (tertiary/aromatic N) is 1. The molecule has 1 rings (SSSR count). The molecule has 1 unspecified atom stereocenters. The van der Waals surface area contributed by atoms with Gasteiger partial charge < -0.3 is 0 Å². The summed E-state index contributed by atoms with van der Waals surface area (Å²) in [4.78, 5) is 0.319. The first-order chi connectivity index (χ1) is 8.82. The smallest absolute Gasteiger partial charge is 0.207 e. The minimum Gasteiger partial charge on any atom is -0.207 e. The molecule has 1 aromatic rings. The average Bonchev–Trinajstić information content (AvgIpc) is 2.38. The third-order valence-corrected chi connectivity index (χ3v) is 5.55. The minimum absolute atomic E-state index is 0.319. The zero-order valence-electron chi connectivity index (χ0n) is 12.0. The van der Waals surface area contributed by atoms with Crippen molar-refractivity contribution in [2.24, 2.45) is 5.92 Å². The molecule has 0 aliphatic heterocycles. The van der Waals surface area contributed by atoms with Crippen molar-refractivity contribution in [1.82, 2.24) is 4.31 Å². The van der Waals surface area contributed by atoms with Gasteiger partial charge in [-0.05, 0) is 36.1 Å². The van der Waals surface area contributed by atoms with Crippen LogP contribution in [0.25, 0.3) is 0 Å². The Kier molecular flexibility index (Phi) is 5.83. The molecule has 0 amide bonds. The number of alkyl halides is 1. The van der Waals surface area contributed by atoms with Crippen LogP contribution < -0.4 is 0 Å². The minimum atomic E-state index is -3.42. The van der Waals surface area contributed by atoms with E-state index in [1.165, 1.54) is 4.31 Å². The van der Waals surface area contributed by atoms with E-state index in [4.69, 9.17) is 11.6 Å². The highest BCUT2D eigenvalue weighted by atomic mass is 35.5. The van der Waals surface area contributed by atoms with Crippen LogP contribution in [0, 0.1) is 12.8 Å². The van der Waals surface area contributed by atoms with Crippen LogP contribution in [0.4, 0.5) is 0 Å². The summed E-state index contributed by atoms with van der Waals surface area (Å²) in [5.74, 6) is 0.669. The molecule has 3 nitrogen and oxygen atoms in total. The number of hydrogen-bond donors (Lipinski definition) is 0. The van der Waals surface area contributed by atoms with E-state index in [2.05, 4.69) is 6.92 Å². The Morgan fingerprint density at radius 3 is 2.53 bits per heavy atom. The van der Waals surface area contributed by atoms with Crippen LogP contribution in [0.3, 0.4) is 0 Å². The van der Waals surface area contributed by atoms with E-state index in [9.17, 15) is 8.42 Å². The Hall–Kier alpha value is -0.580. The number of aryl methyl sites for hydroxylation is 1. The second kappa shape index (κ2) is 6.73. The Labute approximate surface area is 121 Å². The lowest BCUT2D eigenvalue weighted by atomic mass is 10.1. The van der Waals surface area contributed by atoms with Gasteiger partial charge in [-0.2, -0.15) is 0 Å². The molecule has 0 heterocycles. The molecule has 0 fully saturated rings. The second-order valence-electron chi connectivity index (χ2n) is 5.02. The predicted molar refractivity (Wildman–Crippen MR) is 80.0 cm³/mol. The van der Waals surface area contributed by atoms with E-state index in [1.807, 2.05) is 19.9 Å². The van der Waals surface area contributed by atoms with Crippen LogP contribution in [0.15, 0.2) is 23.1 Å². The molecule has 0 saturated carbocycles. The Morgan fingerprint density at radius 2 is 2.00 bits per heavy atom. The molecule has 108 valence electrons. The fourth-order valence-electron chi connectivity index (χ4n) is 1.80. The molecule has 0 spiro atoms. The van der Waals surface area contributed by atoms with Gasteiger partial charge >= 0.3 is 0 Å². The van der Waals surface area contributed by atoms with E-state index in [1.54, 1.807) is 19.2 Å². The van der Waals surface area contributed by atoms with Gasteiger partial charge in [0.15, 0.2) is 0 Å². The average molecular weight is 304 g/mol. The van der Waals surface area contributed by atoms with Crippen molar-refractivity contribution in [3.63, 3.8) is 0 Å². The van der Waals surface area contributed by atoms with Gasteiger partial charge in [0.05, 0.1) is 4.90 Å². The summed E-state index contributed by atoms with van der Waals surface area (Å²) >= 11 is 5.83. The molecule has 5 heteroatoms. The molecule has 0 radical (unpaired) electrons. The summed E-state index contributed by atoms with van der Waals surface area (Å²) in [5, 5.41) is 0. The van der Waals surface area contributed by atoms with Crippen molar-refractivity contribution in [2.75, 3.05) is 13.6 Å². The lowest BCUT2D eigenvalue weighted by molar-refractivity contribution is 0.393. The van der Waals surface area contributed by atoms with Crippen LogP contribution >= 0.6 is 11.6 Å². The van der Waals surface area contributed by atoms with Crippen molar-refractivity contribution in [3.8, 4) is 0 Å². The van der Waals surface area contributed by atoms with Gasteiger partial charge in [-0.25, -0.2) is 12.7 Å². The maximum atomic E-state index is 12.4. The lowest BCUT2D eigenvalue weighted by Gasteiger charge is -2.21. The quantitative estimate of drug-likeness (QED) is 0.755. The number of halogens is 1. The Morgan fingerprint density at radius 1 is 1.37 bits per heavy atom. The first-order valence-corrected chi connectivity index (χ1v) is 8.42. The maximum Gasteiger partial charge on any atom is 0.242 e. The highest BCUT2D eigenvalue weighted by Gasteiger charge is 2.22. The van der Waals surface area contributed by atoms with Gasteiger partial charge in [-0.15, -0.1) is 11.6 Å². The third kappa shape index (κ3) is 3.94. The fraction of sp³-hybridized carbons (Fsp3) is 0.571. The SMILES string of the molecule is CCC(C)CN(C)S(=O)(=O)c1ccc(C)c(CCl)c1. The molecular weight excluding hydrogens is 282 g/mol. The highest BCUT2D eigenvalue weighted by Crippen LogP contribution is 2.21. The lowest BCUT2D eigenvalue weighted by Crippen LogP contribution is -2.31. The van der Waals surface area contributed by atoms with Crippen molar-refractivity contribution in [2.45, 2.75) is 38.0 Å². The molecule has 0 aromatic heterocycles.